The third-order valence-corrected chi connectivity index (χ3v) is 5.09. The van der Waals surface area contributed by atoms with Gasteiger partial charge in [-0.25, -0.2) is 18.1 Å². The minimum atomic E-state index is -3.62. The Morgan fingerprint density at radius 2 is 2.17 bits per heavy atom. The van der Waals surface area contributed by atoms with Crippen LogP contribution in [-0.4, -0.2) is 13.4 Å². The largest absolute Gasteiger partial charge is 0.243 e. The first-order chi connectivity index (χ1) is 8.49. The van der Waals surface area contributed by atoms with Crippen molar-refractivity contribution in [3.63, 3.8) is 0 Å². The Hall–Kier alpha value is -0.950. The molecule has 0 aliphatic heterocycles. The maximum absolute atomic E-state index is 12.0. The maximum Gasteiger partial charge on any atom is 0.243 e. The molecule has 18 heavy (non-hydrogen) atoms. The van der Waals surface area contributed by atoms with Crippen LogP contribution in [0.1, 0.15) is 9.75 Å². The zero-order valence-corrected chi connectivity index (χ0v) is 11.9. The molecular formula is C11H11ClN2O2S2. The summed E-state index contributed by atoms with van der Waals surface area (Å²) in [5.74, 6) is 0. The number of rotatable bonds is 4. The molecule has 0 amide bonds. The molecule has 0 saturated heterocycles. The second kappa shape index (κ2) is 5.36. The van der Waals surface area contributed by atoms with Crippen molar-refractivity contribution in [2.24, 2.45) is 0 Å². The Morgan fingerprint density at radius 1 is 1.39 bits per heavy atom. The molecule has 1 N–H and O–H groups in total. The predicted octanol–water partition coefficient (Wildman–Crippen LogP) is 2.58. The molecule has 0 aromatic carbocycles. The van der Waals surface area contributed by atoms with E-state index in [1.807, 2.05) is 19.1 Å². The number of thiophene rings is 1. The third kappa shape index (κ3) is 3.08. The SMILES string of the molecule is Cc1ccc(CNS(=O)(=O)c2cccnc2Cl)s1. The van der Waals surface area contributed by atoms with E-state index in [1.54, 1.807) is 11.3 Å². The summed E-state index contributed by atoms with van der Waals surface area (Å²) in [6.07, 6.45) is 1.45. The van der Waals surface area contributed by atoms with Crippen LogP contribution in [0, 0.1) is 6.92 Å². The van der Waals surface area contributed by atoms with Crippen LogP contribution in [0.4, 0.5) is 0 Å². The molecule has 2 aromatic rings. The summed E-state index contributed by atoms with van der Waals surface area (Å²) in [5, 5.41) is -0.0210. The van der Waals surface area contributed by atoms with Gasteiger partial charge in [-0.3, -0.25) is 0 Å². The van der Waals surface area contributed by atoms with E-state index < -0.39 is 10.0 Å². The summed E-state index contributed by atoms with van der Waals surface area (Å²) in [6, 6.07) is 6.81. The lowest BCUT2D eigenvalue weighted by atomic mass is 10.4. The Balaban J connectivity index is 2.16. The van der Waals surface area contributed by atoms with Crippen molar-refractivity contribution in [3.8, 4) is 0 Å². The fourth-order valence-electron chi connectivity index (χ4n) is 1.40. The van der Waals surface area contributed by atoms with Gasteiger partial charge in [0.1, 0.15) is 10.0 Å². The highest BCUT2D eigenvalue weighted by atomic mass is 35.5. The first-order valence-corrected chi connectivity index (χ1v) is 7.82. The predicted molar refractivity (Wildman–Crippen MR) is 72.3 cm³/mol. The van der Waals surface area contributed by atoms with Crippen LogP contribution in [0.2, 0.25) is 5.15 Å². The Kier molecular flexibility index (Phi) is 4.01. The van der Waals surface area contributed by atoms with Gasteiger partial charge in [0.2, 0.25) is 10.0 Å². The van der Waals surface area contributed by atoms with Crippen LogP contribution in [0.15, 0.2) is 35.4 Å². The van der Waals surface area contributed by atoms with Gasteiger partial charge < -0.3 is 0 Å². The van der Waals surface area contributed by atoms with Crippen molar-refractivity contribution in [2.45, 2.75) is 18.4 Å². The van der Waals surface area contributed by atoms with Crippen LogP contribution in [0.5, 0.6) is 0 Å². The summed E-state index contributed by atoms with van der Waals surface area (Å²) >= 11 is 7.32. The van der Waals surface area contributed by atoms with Gasteiger partial charge in [-0.1, -0.05) is 11.6 Å². The Bertz CT molecular complexity index is 653. The molecule has 2 heterocycles. The van der Waals surface area contributed by atoms with Crippen LogP contribution in [-0.2, 0) is 16.6 Å². The molecule has 0 fully saturated rings. The zero-order valence-electron chi connectivity index (χ0n) is 9.55. The van der Waals surface area contributed by atoms with Gasteiger partial charge in [0.15, 0.2) is 0 Å². The first kappa shape index (κ1) is 13.5. The highest BCUT2D eigenvalue weighted by molar-refractivity contribution is 7.89. The quantitative estimate of drug-likeness (QED) is 0.883. The lowest BCUT2D eigenvalue weighted by molar-refractivity contribution is 0.581. The van der Waals surface area contributed by atoms with Gasteiger partial charge in [-0.15, -0.1) is 11.3 Å². The number of aryl methyl sites for hydroxylation is 1. The number of aromatic nitrogens is 1. The maximum atomic E-state index is 12.0. The Labute approximate surface area is 115 Å². The summed E-state index contributed by atoms with van der Waals surface area (Å²) in [6.45, 7) is 2.23. The van der Waals surface area contributed by atoms with Crippen LogP contribution in [0.25, 0.3) is 0 Å². The summed E-state index contributed by atoms with van der Waals surface area (Å²) < 4.78 is 26.5. The summed E-state index contributed by atoms with van der Waals surface area (Å²) in [4.78, 5) is 5.85. The van der Waals surface area contributed by atoms with Crippen molar-refractivity contribution in [1.82, 2.24) is 9.71 Å². The van der Waals surface area contributed by atoms with E-state index >= 15 is 0 Å². The van der Waals surface area contributed by atoms with Crippen molar-refractivity contribution < 1.29 is 8.42 Å². The zero-order chi connectivity index (χ0) is 13.2. The van der Waals surface area contributed by atoms with Crippen molar-refractivity contribution in [1.29, 1.82) is 0 Å². The lowest BCUT2D eigenvalue weighted by Crippen LogP contribution is -2.23. The fraction of sp³-hybridized carbons (Fsp3) is 0.182. The van der Waals surface area contributed by atoms with Gasteiger partial charge in [-0.05, 0) is 31.2 Å². The molecule has 0 aliphatic carbocycles. The molecule has 0 aliphatic rings. The molecule has 0 unspecified atom stereocenters. The number of hydrogen-bond acceptors (Lipinski definition) is 4. The molecular weight excluding hydrogens is 292 g/mol. The van der Waals surface area contributed by atoms with Crippen LogP contribution in [0.3, 0.4) is 0 Å². The van der Waals surface area contributed by atoms with E-state index in [1.165, 1.54) is 18.3 Å². The fourth-order valence-corrected chi connectivity index (χ4v) is 3.77. The first-order valence-electron chi connectivity index (χ1n) is 5.14. The number of halogens is 1. The van der Waals surface area contributed by atoms with Crippen LogP contribution < -0.4 is 4.72 Å². The number of pyridine rings is 1. The molecule has 4 nitrogen and oxygen atoms in total. The molecule has 2 aromatic heterocycles. The van der Waals surface area contributed by atoms with Crippen LogP contribution >= 0.6 is 22.9 Å². The molecule has 0 radical (unpaired) electrons. The van der Waals surface area contributed by atoms with Gasteiger partial charge in [0.05, 0.1) is 0 Å². The molecule has 0 saturated carbocycles. The highest BCUT2D eigenvalue weighted by Gasteiger charge is 2.18. The number of sulfonamides is 1. The van der Waals surface area contributed by atoms with E-state index in [9.17, 15) is 8.42 Å². The molecule has 7 heteroatoms. The van der Waals surface area contributed by atoms with E-state index in [2.05, 4.69) is 9.71 Å². The molecule has 0 spiro atoms. The smallest absolute Gasteiger partial charge is 0.243 e. The van der Waals surface area contributed by atoms with Gasteiger partial charge >= 0.3 is 0 Å². The van der Waals surface area contributed by atoms with Gasteiger partial charge in [0.25, 0.3) is 0 Å². The summed E-state index contributed by atoms with van der Waals surface area (Å²) in [7, 11) is -3.62. The highest BCUT2D eigenvalue weighted by Crippen LogP contribution is 2.19. The number of nitrogens with zero attached hydrogens (tertiary/aromatic N) is 1. The average Bonchev–Trinajstić information content (AvgIpc) is 2.73. The minimum absolute atomic E-state index is 0.0000512. The van der Waals surface area contributed by atoms with Crippen molar-refractivity contribution in [2.75, 3.05) is 0 Å². The molecule has 96 valence electrons. The minimum Gasteiger partial charge on any atom is -0.243 e. The molecule has 2 rings (SSSR count). The van der Waals surface area contributed by atoms with E-state index in [0.29, 0.717) is 0 Å². The second-order valence-electron chi connectivity index (χ2n) is 3.63. The standard InChI is InChI=1S/C11H11ClN2O2S2/c1-8-4-5-9(17-8)7-14-18(15,16)10-3-2-6-13-11(10)12/h2-6,14H,7H2,1H3. The van der Waals surface area contributed by atoms with E-state index in [4.69, 9.17) is 11.6 Å². The van der Waals surface area contributed by atoms with E-state index in [-0.39, 0.29) is 16.6 Å². The van der Waals surface area contributed by atoms with Gasteiger partial charge in [-0.2, -0.15) is 0 Å². The monoisotopic (exact) mass is 302 g/mol. The third-order valence-electron chi connectivity index (χ3n) is 2.25. The average molecular weight is 303 g/mol. The number of nitrogens with one attached hydrogen (secondary N) is 1. The Morgan fingerprint density at radius 3 is 2.78 bits per heavy atom. The molecule has 0 atom stereocenters. The van der Waals surface area contributed by atoms with E-state index in [0.717, 1.165) is 9.75 Å². The molecule has 0 bridgehead atoms. The summed E-state index contributed by atoms with van der Waals surface area (Å²) in [5.41, 5.74) is 0. The topological polar surface area (TPSA) is 59.1 Å². The van der Waals surface area contributed by atoms with Gasteiger partial charge in [0, 0.05) is 22.5 Å². The van der Waals surface area contributed by atoms with Crippen molar-refractivity contribution >= 4 is 33.0 Å². The number of hydrogen-bond donors (Lipinski definition) is 1. The van der Waals surface area contributed by atoms with Crippen molar-refractivity contribution in [3.05, 3.63) is 45.4 Å². The lowest BCUT2D eigenvalue weighted by Gasteiger charge is -2.06. The second-order valence-corrected chi connectivity index (χ2v) is 7.10. The normalized spacial score (nSPS) is 11.7.